The number of esters is 1. The molecule has 1 aliphatic heterocycles. The van der Waals surface area contributed by atoms with Crippen LogP contribution in [0.5, 0.6) is 0 Å². The Morgan fingerprint density at radius 3 is 2.26 bits per heavy atom. The summed E-state index contributed by atoms with van der Waals surface area (Å²) in [6, 6.07) is 7.79. The van der Waals surface area contributed by atoms with Gasteiger partial charge in [-0.2, -0.15) is 0 Å². The van der Waals surface area contributed by atoms with Crippen molar-refractivity contribution >= 4 is 23.6 Å². The van der Waals surface area contributed by atoms with Gasteiger partial charge in [0.2, 0.25) is 0 Å². The summed E-state index contributed by atoms with van der Waals surface area (Å²) in [6.07, 6.45) is 2.11. The van der Waals surface area contributed by atoms with Gasteiger partial charge in [-0.3, -0.25) is 4.79 Å². The molecule has 0 unspecified atom stereocenters. The molecule has 1 fully saturated rings. The number of likely N-dealkylation sites (tertiary alicyclic amines) is 1. The molecule has 1 aromatic rings. The lowest BCUT2D eigenvalue weighted by atomic mass is 9.97. The van der Waals surface area contributed by atoms with Crippen LogP contribution in [0.3, 0.4) is 0 Å². The second-order valence-corrected chi connectivity index (χ2v) is 7.14. The van der Waals surface area contributed by atoms with Crippen LogP contribution < -0.4 is 10.6 Å². The second kappa shape index (κ2) is 9.39. The van der Waals surface area contributed by atoms with Crippen LogP contribution in [0.2, 0.25) is 0 Å². The van der Waals surface area contributed by atoms with Crippen molar-refractivity contribution in [3.63, 3.8) is 0 Å². The Hall–Kier alpha value is -2.57. The number of amides is 3. The van der Waals surface area contributed by atoms with Crippen LogP contribution in [-0.4, -0.2) is 47.0 Å². The highest BCUT2D eigenvalue weighted by molar-refractivity contribution is 5.93. The summed E-state index contributed by atoms with van der Waals surface area (Å²) in [4.78, 5) is 38.7. The Morgan fingerprint density at radius 2 is 1.67 bits per heavy atom. The van der Waals surface area contributed by atoms with E-state index in [0.29, 0.717) is 5.69 Å². The van der Waals surface area contributed by atoms with Crippen molar-refractivity contribution in [2.75, 3.05) is 5.32 Å². The highest BCUT2D eigenvalue weighted by Gasteiger charge is 2.33. The highest BCUT2D eigenvalue weighted by atomic mass is 16.5. The van der Waals surface area contributed by atoms with Gasteiger partial charge in [-0.25, -0.2) is 9.59 Å². The summed E-state index contributed by atoms with van der Waals surface area (Å²) in [5, 5.41) is 5.15. The van der Waals surface area contributed by atoms with Gasteiger partial charge in [0.05, 0.1) is 0 Å². The number of rotatable bonds is 5. The predicted molar refractivity (Wildman–Crippen MR) is 103 cm³/mol. The zero-order chi connectivity index (χ0) is 20.0. The molecule has 0 saturated carbocycles. The molecule has 7 heteroatoms. The number of hydrogen-bond donors (Lipinski definition) is 2. The topological polar surface area (TPSA) is 87.7 Å². The normalized spacial score (nSPS) is 21.7. The minimum atomic E-state index is -0.887. The van der Waals surface area contributed by atoms with E-state index in [0.717, 1.165) is 19.3 Å². The third-order valence-electron chi connectivity index (χ3n) is 4.82. The molecule has 27 heavy (non-hydrogen) atoms. The van der Waals surface area contributed by atoms with Crippen LogP contribution in [0.15, 0.2) is 30.3 Å². The Balaban J connectivity index is 1.85. The number of anilines is 1. The number of piperidine rings is 1. The van der Waals surface area contributed by atoms with Crippen molar-refractivity contribution in [3.8, 4) is 0 Å². The summed E-state index contributed by atoms with van der Waals surface area (Å²) >= 11 is 0. The average molecular weight is 375 g/mol. The van der Waals surface area contributed by atoms with E-state index in [9.17, 15) is 14.4 Å². The lowest BCUT2D eigenvalue weighted by molar-refractivity contribution is -0.163. The van der Waals surface area contributed by atoms with Crippen molar-refractivity contribution in [2.24, 2.45) is 0 Å². The van der Waals surface area contributed by atoms with Gasteiger partial charge in [-0.1, -0.05) is 18.2 Å². The standard InChI is InChI=1S/C20H29N3O4/c1-13-9-8-10-14(2)23(13)18(24)16(4)27-19(25)15(3)21-20(26)22-17-11-6-5-7-12-17/h5-7,11-16H,8-10H2,1-4H3,(H2,21,22,26)/t13-,14-,15-,16+/m0/s1. The fraction of sp³-hybridized carbons (Fsp3) is 0.550. The van der Waals surface area contributed by atoms with E-state index in [4.69, 9.17) is 4.74 Å². The average Bonchev–Trinajstić information content (AvgIpc) is 2.62. The molecule has 2 N–H and O–H groups in total. The van der Waals surface area contributed by atoms with Crippen LogP contribution in [0.1, 0.15) is 47.0 Å². The fourth-order valence-electron chi connectivity index (χ4n) is 3.34. The first-order chi connectivity index (χ1) is 12.8. The van der Waals surface area contributed by atoms with Crippen molar-refractivity contribution in [2.45, 2.75) is 71.2 Å². The maximum Gasteiger partial charge on any atom is 0.329 e. The fourth-order valence-corrected chi connectivity index (χ4v) is 3.34. The molecular weight excluding hydrogens is 346 g/mol. The van der Waals surface area contributed by atoms with Gasteiger partial charge in [0.1, 0.15) is 6.04 Å². The van der Waals surface area contributed by atoms with Gasteiger partial charge in [-0.15, -0.1) is 0 Å². The molecule has 0 aromatic heterocycles. The number of hydrogen-bond acceptors (Lipinski definition) is 4. The van der Waals surface area contributed by atoms with Crippen molar-refractivity contribution in [3.05, 3.63) is 30.3 Å². The van der Waals surface area contributed by atoms with Crippen LogP contribution in [0, 0.1) is 0 Å². The van der Waals surface area contributed by atoms with Gasteiger partial charge >= 0.3 is 12.0 Å². The lowest BCUT2D eigenvalue weighted by Gasteiger charge is -2.40. The number of para-hydroxylation sites is 1. The molecule has 0 radical (unpaired) electrons. The zero-order valence-electron chi connectivity index (χ0n) is 16.4. The van der Waals surface area contributed by atoms with Gasteiger partial charge in [0, 0.05) is 17.8 Å². The molecule has 0 spiro atoms. The van der Waals surface area contributed by atoms with Crippen molar-refractivity contribution < 1.29 is 19.1 Å². The van der Waals surface area contributed by atoms with Gasteiger partial charge in [0.25, 0.3) is 5.91 Å². The first-order valence-corrected chi connectivity index (χ1v) is 9.44. The van der Waals surface area contributed by atoms with Crippen LogP contribution in [-0.2, 0) is 14.3 Å². The van der Waals surface area contributed by atoms with Crippen molar-refractivity contribution in [1.82, 2.24) is 10.2 Å². The largest absolute Gasteiger partial charge is 0.451 e. The minimum absolute atomic E-state index is 0.134. The van der Waals surface area contributed by atoms with Crippen LogP contribution in [0.4, 0.5) is 10.5 Å². The maximum atomic E-state index is 12.7. The number of carbonyl (C=O) groups is 3. The minimum Gasteiger partial charge on any atom is -0.451 e. The maximum absolute atomic E-state index is 12.7. The second-order valence-electron chi connectivity index (χ2n) is 7.14. The SMILES string of the molecule is C[C@H](NC(=O)Nc1ccccc1)C(=O)O[C@H](C)C(=O)N1[C@@H](C)CCC[C@@H]1C. The van der Waals surface area contributed by atoms with E-state index < -0.39 is 24.1 Å². The number of carbonyl (C=O) groups excluding carboxylic acids is 3. The van der Waals surface area contributed by atoms with E-state index in [2.05, 4.69) is 10.6 Å². The summed E-state index contributed by atoms with van der Waals surface area (Å²) in [6.45, 7) is 7.13. The molecule has 0 bridgehead atoms. The first-order valence-electron chi connectivity index (χ1n) is 9.44. The molecule has 3 amide bonds. The molecule has 7 nitrogen and oxygen atoms in total. The highest BCUT2D eigenvalue weighted by Crippen LogP contribution is 2.23. The quantitative estimate of drug-likeness (QED) is 0.775. The number of urea groups is 1. The predicted octanol–water partition coefficient (Wildman–Crippen LogP) is 2.92. The molecule has 1 aliphatic rings. The van der Waals surface area contributed by atoms with Gasteiger partial charge in [-0.05, 0) is 59.1 Å². The lowest BCUT2D eigenvalue weighted by Crippen LogP contribution is -2.52. The van der Waals surface area contributed by atoms with E-state index in [-0.39, 0.29) is 18.0 Å². The number of nitrogens with one attached hydrogen (secondary N) is 2. The third-order valence-corrected chi connectivity index (χ3v) is 4.82. The summed E-state index contributed by atoms with van der Waals surface area (Å²) < 4.78 is 5.30. The molecule has 4 atom stereocenters. The molecule has 1 saturated heterocycles. The summed E-state index contributed by atoms with van der Waals surface area (Å²) in [7, 11) is 0. The first kappa shape index (κ1) is 20.7. The number of ether oxygens (including phenoxy) is 1. The third kappa shape index (κ3) is 5.70. The molecule has 2 rings (SSSR count). The van der Waals surface area contributed by atoms with E-state index >= 15 is 0 Å². The molecule has 148 valence electrons. The molecule has 1 heterocycles. The summed E-state index contributed by atoms with van der Waals surface area (Å²) in [5.41, 5.74) is 0.618. The number of nitrogens with zero attached hydrogens (tertiary/aromatic N) is 1. The van der Waals surface area contributed by atoms with Gasteiger partial charge < -0.3 is 20.3 Å². The molecule has 0 aliphatic carbocycles. The Bertz CT molecular complexity index is 654. The van der Waals surface area contributed by atoms with E-state index in [1.165, 1.54) is 6.92 Å². The van der Waals surface area contributed by atoms with Crippen LogP contribution >= 0.6 is 0 Å². The van der Waals surface area contributed by atoms with E-state index in [1.807, 2.05) is 24.8 Å². The van der Waals surface area contributed by atoms with Gasteiger partial charge in [0.15, 0.2) is 6.10 Å². The smallest absolute Gasteiger partial charge is 0.329 e. The van der Waals surface area contributed by atoms with E-state index in [1.54, 1.807) is 31.2 Å². The Kier molecular flexibility index (Phi) is 7.21. The summed E-state index contributed by atoms with van der Waals surface area (Å²) in [5.74, 6) is -0.833. The Morgan fingerprint density at radius 1 is 1.07 bits per heavy atom. The van der Waals surface area contributed by atoms with Crippen molar-refractivity contribution in [1.29, 1.82) is 0 Å². The monoisotopic (exact) mass is 375 g/mol. The molecular formula is C20H29N3O4. The number of benzene rings is 1. The van der Waals surface area contributed by atoms with Crippen LogP contribution in [0.25, 0.3) is 0 Å². The molecule has 1 aromatic carbocycles. The Labute approximate surface area is 160 Å². The zero-order valence-corrected chi connectivity index (χ0v) is 16.4.